The average molecular weight is 862 g/mol. The zero-order valence-corrected chi connectivity index (χ0v) is 36.0. The number of hydrogen-bond donors (Lipinski definition) is 2. The number of aromatic hydroxyl groups is 1. The Balaban J connectivity index is 0.000000144. The van der Waals surface area contributed by atoms with E-state index in [1.54, 1.807) is 12.1 Å². The van der Waals surface area contributed by atoms with Crippen LogP contribution in [-0.4, -0.2) is 102 Å². The maximum Gasteiger partial charge on any atom is 0.228 e. The minimum absolute atomic E-state index is 0.197. The number of aryl methyl sites for hydroxylation is 1. The van der Waals surface area contributed by atoms with Crippen LogP contribution in [0, 0.1) is 6.92 Å². The number of morpholine rings is 2. The Hall–Kier alpha value is -7.68. The van der Waals surface area contributed by atoms with Gasteiger partial charge in [-0.25, -0.2) is 19.9 Å². The number of nitrogens with zero attached hydrogens (tertiary/aromatic N) is 10. The number of rotatable bonds is 8. The Morgan fingerprint density at radius 3 is 1.82 bits per heavy atom. The summed E-state index contributed by atoms with van der Waals surface area (Å²) in [7, 11) is 0. The summed E-state index contributed by atoms with van der Waals surface area (Å²) in [4.78, 5) is 36.8. The lowest BCUT2D eigenvalue weighted by Crippen LogP contribution is -2.37. The van der Waals surface area contributed by atoms with Crippen LogP contribution in [-0.2, 0) is 22.6 Å². The minimum Gasteiger partial charge on any atom is -0.508 e. The van der Waals surface area contributed by atoms with Crippen LogP contribution < -0.4 is 9.80 Å². The third-order valence-corrected chi connectivity index (χ3v) is 12.0. The lowest BCUT2D eigenvalue weighted by atomic mass is 10.1. The molecule has 0 unspecified atom stereocenters. The highest BCUT2D eigenvalue weighted by Gasteiger charge is 2.22. The van der Waals surface area contributed by atoms with Gasteiger partial charge in [0.15, 0.2) is 11.3 Å². The molecule has 10 aromatic rings. The van der Waals surface area contributed by atoms with Crippen molar-refractivity contribution < 1.29 is 14.6 Å². The van der Waals surface area contributed by atoms with E-state index in [4.69, 9.17) is 34.4 Å². The maximum absolute atomic E-state index is 10.1. The predicted molar refractivity (Wildman–Crippen MR) is 254 cm³/mol. The minimum atomic E-state index is 0.197. The number of phenolic OH excluding ortho intramolecular Hbond substituents is 1. The Bertz CT molecular complexity index is 3310. The number of anilines is 2. The molecule has 2 N–H and O–H groups in total. The zero-order chi connectivity index (χ0) is 43.7. The van der Waals surface area contributed by atoms with E-state index in [9.17, 15) is 5.11 Å². The van der Waals surface area contributed by atoms with Crippen LogP contribution in [0.1, 0.15) is 16.7 Å². The van der Waals surface area contributed by atoms with Gasteiger partial charge in [0.1, 0.15) is 28.2 Å². The van der Waals surface area contributed by atoms with Crippen LogP contribution in [0.5, 0.6) is 5.75 Å². The van der Waals surface area contributed by atoms with Crippen LogP contribution in [0.3, 0.4) is 0 Å². The quantitative estimate of drug-likeness (QED) is 0.152. The first-order valence-electron chi connectivity index (χ1n) is 22.0. The first-order valence-corrected chi connectivity index (χ1v) is 22.0. The van der Waals surface area contributed by atoms with Crippen molar-refractivity contribution >= 4 is 55.9 Å². The van der Waals surface area contributed by atoms with E-state index in [1.807, 2.05) is 31.0 Å². The van der Waals surface area contributed by atoms with Gasteiger partial charge in [-0.15, -0.1) is 0 Å². The first-order chi connectivity index (χ1) is 32.0. The molecule has 5 aromatic carbocycles. The molecule has 2 saturated heterocycles. The molecule has 12 rings (SSSR count). The zero-order valence-electron chi connectivity index (χ0n) is 36.0. The Kier molecular flexibility index (Phi) is 10.8. The number of fused-ring (bicyclic) bond motifs is 4. The molecule has 14 heteroatoms. The van der Waals surface area contributed by atoms with Crippen LogP contribution in [0.4, 0.5) is 11.9 Å². The number of aromatic amines is 1. The molecule has 0 spiro atoms. The number of imidazole rings is 2. The fourth-order valence-electron chi connectivity index (χ4n) is 8.70. The van der Waals surface area contributed by atoms with Crippen molar-refractivity contribution in [3.05, 3.63) is 151 Å². The molecule has 5 aromatic heterocycles. The summed E-state index contributed by atoms with van der Waals surface area (Å²) in [5.74, 6) is 1.59. The van der Waals surface area contributed by atoms with Crippen LogP contribution in [0.25, 0.3) is 66.5 Å². The van der Waals surface area contributed by atoms with Crippen molar-refractivity contribution in [2.45, 2.75) is 20.0 Å². The molecule has 0 amide bonds. The van der Waals surface area contributed by atoms with E-state index in [0.717, 1.165) is 87.9 Å². The highest BCUT2D eigenvalue weighted by molar-refractivity contribution is 5.93. The highest BCUT2D eigenvalue weighted by atomic mass is 16.5. The van der Waals surface area contributed by atoms with Crippen molar-refractivity contribution in [2.24, 2.45) is 0 Å². The van der Waals surface area contributed by atoms with E-state index in [0.29, 0.717) is 45.5 Å². The van der Waals surface area contributed by atoms with E-state index < -0.39 is 0 Å². The largest absolute Gasteiger partial charge is 0.508 e. The van der Waals surface area contributed by atoms with Crippen molar-refractivity contribution in [2.75, 3.05) is 62.4 Å². The molecule has 324 valence electrons. The van der Waals surface area contributed by atoms with Crippen molar-refractivity contribution in [3.63, 3.8) is 0 Å². The fourth-order valence-corrected chi connectivity index (χ4v) is 8.70. The lowest BCUT2D eigenvalue weighted by molar-refractivity contribution is 0.122. The molecular weight excluding hydrogens is 815 g/mol. The number of benzene rings is 5. The number of phenols is 1. The normalized spacial score (nSPS) is 14.4. The molecule has 2 aliphatic heterocycles. The third-order valence-electron chi connectivity index (χ3n) is 12.0. The average Bonchev–Trinajstić information content (AvgIpc) is 4.10. The molecule has 0 radical (unpaired) electrons. The maximum atomic E-state index is 10.1. The van der Waals surface area contributed by atoms with Gasteiger partial charge in [-0.3, -0.25) is 0 Å². The van der Waals surface area contributed by atoms with E-state index in [2.05, 4.69) is 127 Å². The van der Waals surface area contributed by atoms with E-state index in [-0.39, 0.29) is 5.75 Å². The van der Waals surface area contributed by atoms with Gasteiger partial charge in [-0.1, -0.05) is 84.4 Å². The fraction of sp³-hybridized carbons (Fsp3) is 0.216. The van der Waals surface area contributed by atoms with Gasteiger partial charge >= 0.3 is 0 Å². The van der Waals surface area contributed by atoms with Gasteiger partial charge in [0.25, 0.3) is 0 Å². The molecular formula is C51H47N11O3. The van der Waals surface area contributed by atoms with Crippen molar-refractivity contribution in [1.82, 2.24) is 44.0 Å². The van der Waals surface area contributed by atoms with Crippen LogP contribution >= 0.6 is 0 Å². The third kappa shape index (κ3) is 8.32. The number of ether oxygens (including phenoxy) is 2. The molecule has 14 nitrogen and oxygen atoms in total. The number of H-pyrrole nitrogens is 1. The summed E-state index contributed by atoms with van der Waals surface area (Å²) < 4.78 is 15.2. The number of nitrogens with one attached hydrogen (secondary N) is 1. The second-order valence-corrected chi connectivity index (χ2v) is 16.5. The summed E-state index contributed by atoms with van der Waals surface area (Å²) >= 11 is 0. The van der Waals surface area contributed by atoms with Crippen molar-refractivity contribution in [3.8, 4) is 28.3 Å². The summed E-state index contributed by atoms with van der Waals surface area (Å²) in [5, 5.41) is 13.6. The molecule has 65 heavy (non-hydrogen) atoms. The first kappa shape index (κ1) is 40.1. The smallest absolute Gasteiger partial charge is 0.228 e. The Morgan fingerprint density at radius 2 is 1.17 bits per heavy atom. The molecule has 7 heterocycles. The van der Waals surface area contributed by atoms with Gasteiger partial charge in [0.05, 0.1) is 52.2 Å². The number of aromatic nitrogens is 9. The van der Waals surface area contributed by atoms with Gasteiger partial charge in [-0.2, -0.15) is 9.97 Å². The summed E-state index contributed by atoms with van der Waals surface area (Å²) in [6.45, 7) is 9.22. The Labute approximate surface area is 374 Å². The highest BCUT2D eigenvalue weighted by Crippen LogP contribution is 2.32. The molecule has 0 saturated carbocycles. The lowest BCUT2D eigenvalue weighted by Gasteiger charge is -2.27. The topological polar surface area (TPSA) is 148 Å². The second-order valence-electron chi connectivity index (χ2n) is 16.5. The predicted octanol–water partition coefficient (Wildman–Crippen LogP) is 8.40. The monoisotopic (exact) mass is 861 g/mol. The van der Waals surface area contributed by atoms with Crippen LogP contribution in [0.2, 0.25) is 0 Å². The second kappa shape index (κ2) is 17.5. The molecule has 2 fully saturated rings. The van der Waals surface area contributed by atoms with Gasteiger partial charge in [0, 0.05) is 54.4 Å². The molecule has 0 bridgehead atoms. The van der Waals surface area contributed by atoms with Crippen molar-refractivity contribution in [1.29, 1.82) is 0 Å². The molecule has 0 atom stereocenters. The van der Waals surface area contributed by atoms with E-state index in [1.165, 1.54) is 27.5 Å². The number of hydrogen-bond acceptors (Lipinski definition) is 11. The Morgan fingerprint density at radius 1 is 0.554 bits per heavy atom. The standard InChI is InChI=1S/C26H23N5O2.C25H24N6O/c32-22-7-3-6-21(15-22)23-24-25(29-26(28-23)30-10-12-33-13-11-30)31(17-27-24)16-18-8-9-19-4-1-2-5-20(19)14-18;1-17-3-2-4-18(13-17)15-31-16-27-23-22(20-5-6-21-19(14-20)7-8-26-21)28-25(29-24(23)31)30-9-11-32-12-10-30/h1-9,14-15,17,32H,10-13,16H2;2-8,13-14,16,26H,9-12,15H2,1H3. The summed E-state index contributed by atoms with van der Waals surface area (Å²) in [6, 6.07) is 39.0. The van der Waals surface area contributed by atoms with Crippen LogP contribution in [0.15, 0.2) is 134 Å². The van der Waals surface area contributed by atoms with Gasteiger partial charge < -0.3 is 38.5 Å². The summed E-state index contributed by atoms with van der Waals surface area (Å²) in [6.07, 6.45) is 5.66. The van der Waals surface area contributed by atoms with E-state index >= 15 is 0 Å². The molecule has 2 aliphatic rings. The van der Waals surface area contributed by atoms with Gasteiger partial charge in [-0.05, 0) is 65.2 Å². The van der Waals surface area contributed by atoms with Gasteiger partial charge in [0.2, 0.25) is 11.9 Å². The molecule has 0 aliphatic carbocycles. The summed E-state index contributed by atoms with van der Waals surface area (Å²) in [5.41, 5.74) is 11.4. The SMILES string of the molecule is Cc1cccc(Cn2cnc3c(-c4ccc5[nH]ccc5c4)nc(N4CCOCC4)nc32)c1.Oc1cccc(-c2nc(N3CCOCC3)nc3c2ncn3Cc2ccc3ccccc3c2)c1.